The van der Waals surface area contributed by atoms with E-state index >= 15 is 0 Å². The van der Waals surface area contributed by atoms with Crippen LogP contribution in [0.2, 0.25) is 5.02 Å². The first-order chi connectivity index (χ1) is 13.0. The molecule has 3 N–H and O–H groups in total. The Hall–Kier alpha value is -3.15. The van der Waals surface area contributed by atoms with Crippen molar-refractivity contribution in [1.82, 2.24) is 5.43 Å². The van der Waals surface area contributed by atoms with Crippen molar-refractivity contribution in [2.24, 2.45) is 10.3 Å². The van der Waals surface area contributed by atoms with E-state index in [1.807, 2.05) is 5.32 Å². The summed E-state index contributed by atoms with van der Waals surface area (Å²) >= 11 is 5.71. The van der Waals surface area contributed by atoms with Crippen LogP contribution in [0, 0.1) is 0 Å². The second-order valence-electron chi connectivity index (χ2n) is 4.95. The Morgan fingerprint density at radius 3 is 2.43 bits per heavy atom. The van der Waals surface area contributed by atoms with Crippen molar-refractivity contribution in [3.63, 3.8) is 0 Å². The van der Waals surface area contributed by atoms with Crippen LogP contribution >= 0.6 is 11.6 Å². The van der Waals surface area contributed by atoms with E-state index in [1.54, 1.807) is 5.43 Å². The predicted molar refractivity (Wildman–Crippen MR) is 92.2 cm³/mol. The van der Waals surface area contributed by atoms with E-state index in [4.69, 9.17) is 16.8 Å². The fourth-order valence-corrected chi connectivity index (χ4v) is 1.84. The van der Waals surface area contributed by atoms with Gasteiger partial charge in [-0.05, 0) is 32.0 Å². The third-order valence-corrected chi connectivity index (χ3v) is 3.31. The fourth-order valence-electron chi connectivity index (χ4n) is 1.68. The summed E-state index contributed by atoms with van der Waals surface area (Å²) < 4.78 is 42.7. The SMILES string of the molecule is CCOC(=O)C(=N\O)/C(C)=N/NC(=O)C(=O)Nc1cc(C(F)(F)F)ccc1Cl. The zero-order chi connectivity index (χ0) is 21.5. The van der Waals surface area contributed by atoms with Crippen LogP contribution in [-0.2, 0) is 25.3 Å². The Kier molecular flexibility index (Phi) is 7.92. The smallest absolute Gasteiger partial charge is 0.416 e. The molecule has 2 amide bonds. The first kappa shape index (κ1) is 22.9. The number of anilines is 1. The summed E-state index contributed by atoms with van der Waals surface area (Å²) in [7, 11) is 0. The molecular formula is C15H14ClF3N4O5. The number of carbonyl (C=O) groups is 3. The van der Waals surface area contributed by atoms with E-state index in [2.05, 4.69) is 15.0 Å². The second kappa shape index (κ2) is 9.69. The molecule has 1 rings (SSSR count). The van der Waals surface area contributed by atoms with Crippen LogP contribution in [0.3, 0.4) is 0 Å². The number of nitrogens with one attached hydrogen (secondary N) is 2. The largest absolute Gasteiger partial charge is 0.461 e. The molecule has 0 bridgehead atoms. The predicted octanol–water partition coefficient (Wildman–Crippen LogP) is 2.18. The van der Waals surface area contributed by atoms with Gasteiger partial charge >= 0.3 is 24.0 Å². The highest BCUT2D eigenvalue weighted by molar-refractivity contribution is 6.65. The summed E-state index contributed by atoms with van der Waals surface area (Å²) in [5.41, 5.74) is -0.690. The summed E-state index contributed by atoms with van der Waals surface area (Å²) in [6, 6.07) is 2.17. The van der Waals surface area contributed by atoms with Gasteiger partial charge in [0.2, 0.25) is 5.71 Å². The van der Waals surface area contributed by atoms with Crippen molar-refractivity contribution < 1.29 is 37.5 Å². The van der Waals surface area contributed by atoms with Crippen molar-refractivity contribution in [3.8, 4) is 0 Å². The molecule has 0 aromatic heterocycles. The third kappa shape index (κ3) is 6.23. The highest BCUT2D eigenvalue weighted by Crippen LogP contribution is 2.33. The standard InChI is InChI=1S/C15H14ClF3N4O5/c1-3-28-14(26)11(23-27)7(2)21-22-13(25)12(24)20-10-6-8(15(17,18)19)4-5-9(10)16/h4-6,27H,3H2,1-2H3,(H,20,24)(H,22,25)/b21-7+,23-11-. The Morgan fingerprint density at radius 1 is 1.25 bits per heavy atom. The number of oxime groups is 1. The van der Waals surface area contributed by atoms with Crippen LogP contribution in [0.15, 0.2) is 28.5 Å². The van der Waals surface area contributed by atoms with Crippen LogP contribution in [0.1, 0.15) is 19.4 Å². The molecule has 0 aliphatic rings. The lowest BCUT2D eigenvalue weighted by atomic mass is 10.2. The van der Waals surface area contributed by atoms with Gasteiger partial charge in [-0.25, -0.2) is 10.2 Å². The first-order valence-corrected chi connectivity index (χ1v) is 7.81. The quantitative estimate of drug-likeness (QED) is 0.220. The van der Waals surface area contributed by atoms with E-state index in [9.17, 15) is 27.6 Å². The minimum Gasteiger partial charge on any atom is -0.461 e. The highest BCUT2D eigenvalue weighted by Gasteiger charge is 2.31. The average Bonchev–Trinajstić information content (AvgIpc) is 2.61. The van der Waals surface area contributed by atoms with Crippen molar-refractivity contribution in [3.05, 3.63) is 28.8 Å². The van der Waals surface area contributed by atoms with Crippen LogP contribution in [0.4, 0.5) is 18.9 Å². The molecule has 0 aliphatic heterocycles. The summed E-state index contributed by atoms with van der Waals surface area (Å²) in [5.74, 6) is -3.79. The summed E-state index contributed by atoms with van der Waals surface area (Å²) in [6.45, 7) is 2.66. The lowest BCUT2D eigenvalue weighted by Crippen LogP contribution is -2.34. The van der Waals surface area contributed by atoms with Gasteiger partial charge in [0.15, 0.2) is 0 Å². The van der Waals surface area contributed by atoms with Crippen LogP contribution in [-0.4, -0.2) is 41.0 Å². The maximum absolute atomic E-state index is 12.7. The molecule has 0 atom stereocenters. The summed E-state index contributed by atoms with van der Waals surface area (Å²) in [5, 5.41) is 16.5. The summed E-state index contributed by atoms with van der Waals surface area (Å²) in [6.07, 6.45) is -4.68. The van der Waals surface area contributed by atoms with Gasteiger partial charge in [0.25, 0.3) is 0 Å². The van der Waals surface area contributed by atoms with Gasteiger partial charge in [0.1, 0.15) is 0 Å². The molecule has 28 heavy (non-hydrogen) atoms. The molecule has 9 nitrogen and oxygen atoms in total. The minimum absolute atomic E-state index is 0.0162. The van der Waals surface area contributed by atoms with Gasteiger partial charge in [-0.3, -0.25) is 9.59 Å². The minimum atomic E-state index is -4.68. The molecule has 13 heteroatoms. The number of benzene rings is 1. The first-order valence-electron chi connectivity index (χ1n) is 7.43. The van der Waals surface area contributed by atoms with Gasteiger partial charge < -0.3 is 15.3 Å². The molecule has 0 saturated heterocycles. The van der Waals surface area contributed by atoms with Gasteiger partial charge in [-0.15, -0.1) is 0 Å². The molecular weight excluding hydrogens is 409 g/mol. The van der Waals surface area contributed by atoms with E-state index in [0.29, 0.717) is 12.1 Å². The Balaban J connectivity index is 2.87. The van der Waals surface area contributed by atoms with E-state index < -0.39 is 40.9 Å². The molecule has 1 aromatic rings. The second-order valence-corrected chi connectivity index (χ2v) is 5.36. The number of rotatable bonds is 5. The topological polar surface area (TPSA) is 129 Å². The van der Waals surface area contributed by atoms with Crippen molar-refractivity contribution in [2.45, 2.75) is 20.0 Å². The molecule has 0 radical (unpaired) electrons. The van der Waals surface area contributed by atoms with Crippen molar-refractivity contribution >= 4 is 46.5 Å². The van der Waals surface area contributed by atoms with Gasteiger partial charge in [0.05, 0.1) is 28.6 Å². The fraction of sp³-hybridized carbons (Fsp3) is 0.267. The molecule has 0 saturated carbocycles. The third-order valence-electron chi connectivity index (χ3n) is 2.98. The number of hydrogen-bond acceptors (Lipinski definition) is 7. The Bertz CT molecular complexity index is 839. The van der Waals surface area contributed by atoms with E-state index in [1.165, 1.54) is 13.8 Å². The molecule has 0 heterocycles. The lowest BCUT2D eigenvalue weighted by molar-refractivity contribution is -0.137. The zero-order valence-electron chi connectivity index (χ0n) is 14.4. The molecule has 0 unspecified atom stereocenters. The maximum atomic E-state index is 12.7. The number of nitrogens with zero attached hydrogens (tertiary/aromatic N) is 2. The number of amides is 2. The molecule has 0 fully saturated rings. The number of alkyl halides is 3. The average molecular weight is 423 g/mol. The van der Waals surface area contributed by atoms with Crippen molar-refractivity contribution in [2.75, 3.05) is 11.9 Å². The van der Waals surface area contributed by atoms with Gasteiger partial charge in [0, 0.05) is 0 Å². The highest BCUT2D eigenvalue weighted by atomic mass is 35.5. The van der Waals surface area contributed by atoms with Crippen LogP contribution in [0.5, 0.6) is 0 Å². The van der Waals surface area contributed by atoms with Crippen LogP contribution < -0.4 is 10.7 Å². The molecule has 0 aliphatic carbocycles. The number of hydrogen-bond donors (Lipinski definition) is 3. The summed E-state index contributed by atoms with van der Waals surface area (Å²) in [4.78, 5) is 35.0. The Morgan fingerprint density at radius 2 is 1.89 bits per heavy atom. The molecule has 0 spiro atoms. The van der Waals surface area contributed by atoms with Crippen molar-refractivity contribution in [1.29, 1.82) is 0 Å². The van der Waals surface area contributed by atoms with Gasteiger partial charge in [-0.2, -0.15) is 18.3 Å². The van der Waals surface area contributed by atoms with E-state index in [-0.39, 0.29) is 17.3 Å². The monoisotopic (exact) mass is 422 g/mol. The maximum Gasteiger partial charge on any atom is 0.416 e. The number of esters is 1. The number of hydrazone groups is 1. The van der Waals surface area contributed by atoms with Crippen LogP contribution in [0.25, 0.3) is 0 Å². The van der Waals surface area contributed by atoms with E-state index in [0.717, 1.165) is 6.07 Å². The lowest BCUT2D eigenvalue weighted by Gasteiger charge is -2.11. The Labute approximate surface area is 161 Å². The number of ether oxygens (including phenoxy) is 1. The van der Waals surface area contributed by atoms with Gasteiger partial charge in [-0.1, -0.05) is 16.8 Å². The normalized spacial score (nSPS) is 12.4. The zero-order valence-corrected chi connectivity index (χ0v) is 15.2. The molecule has 1 aromatic carbocycles. The number of carbonyl (C=O) groups excluding carboxylic acids is 3. The molecule has 152 valence electrons. The number of halogens is 4.